The fourth-order valence-electron chi connectivity index (χ4n) is 4.74. The fourth-order valence-corrected chi connectivity index (χ4v) is 6.26. The van der Waals surface area contributed by atoms with Crippen LogP contribution in [0.15, 0.2) is 77.7 Å². The highest BCUT2D eigenvalue weighted by Crippen LogP contribution is 2.51. The van der Waals surface area contributed by atoms with Crippen LogP contribution in [0, 0.1) is 5.92 Å². The number of methoxy groups -OCH3 is 1. The summed E-state index contributed by atoms with van der Waals surface area (Å²) in [6.07, 6.45) is 5.21. The zero-order chi connectivity index (χ0) is 23.2. The molecule has 3 atom stereocenters. The highest BCUT2D eigenvalue weighted by atomic mass is 35.5. The molecular weight excluding hydrogens is 479 g/mol. The maximum atomic E-state index is 13.2. The van der Waals surface area contributed by atoms with E-state index in [1.165, 1.54) is 13.2 Å². The van der Waals surface area contributed by atoms with Gasteiger partial charge in [-0.2, -0.15) is 0 Å². The average Bonchev–Trinajstić information content (AvgIpc) is 3.29. The maximum absolute atomic E-state index is 13.2. The van der Waals surface area contributed by atoms with Crippen LogP contribution in [-0.2, 0) is 10.0 Å². The lowest BCUT2D eigenvalue weighted by Gasteiger charge is -2.38. The van der Waals surface area contributed by atoms with Gasteiger partial charge in [-0.15, -0.1) is 0 Å². The van der Waals surface area contributed by atoms with Gasteiger partial charge in [-0.05, 0) is 65.9 Å². The van der Waals surface area contributed by atoms with E-state index in [-0.39, 0.29) is 22.8 Å². The SMILES string of the molecule is COc1ccc(Cl)cc1NS(=O)(=O)c1ccc2c(c1)[C@H]1C=CC[C@H]1[C@@H](c1ccccc1Cl)N2. The third-order valence-electron chi connectivity index (χ3n) is 6.29. The summed E-state index contributed by atoms with van der Waals surface area (Å²) < 4.78 is 34.3. The second kappa shape index (κ2) is 8.60. The normalized spacial score (nSPS) is 21.1. The smallest absolute Gasteiger partial charge is 0.262 e. The van der Waals surface area contributed by atoms with Crippen molar-refractivity contribution in [3.63, 3.8) is 0 Å². The molecule has 5 nitrogen and oxygen atoms in total. The lowest BCUT2D eigenvalue weighted by atomic mass is 9.77. The molecule has 0 bridgehead atoms. The fraction of sp³-hybridized carbons (Fsp3) is 0.200. The molecule has 0 radical (unpaired) electrons. The zero-order valence-electron chi connectivity index (χ0n) is 17.8. The molecular formula is C25H22Cl2N2O3S. The first-order chi connectivity index (χ1) is 15.9. The van der Waals surface area contributed by atoms with Gasteiger partial charge in [-0.25, -0.2) is 8.42 Å². The molecule has 8 heteroatoms. The number of sulfonamides is 1. The van der Waals surface area contributed by atoms with Crippen LogP contribution in [-0.4, -0.2) is 15.5 Å². The summed E-state index contributed by atoms with van der Waals surface area (Å²) in [4.78, 5) is 0.181. The quantitative estimate of drug-likeness (QED) is 0.385. The number of ether oxygens (including phenoxy) is 1. The van der Waals surface area contributed by atoms with Crippen LogP contribution in [0.3, 0.4) is 0 Å². The average molecular weight is 501 g/mol. The van der Waals surface area contributed by atoms with Gasteiger partial charge in [-0.1, -0.05) is 53.6 Å². The number of nitrogens with one attached hydrogen (secondary N) is 2. The van der Waals surface area contributed by atoms with Gasteiger partial charge >= 0.3 is 0 Å². The van der Waals surface area contributed by atoms with E-state index in [4.69, 9.17) is 27.9 Å². The molecule has 33 heavy (non-hydrogen) atoms. The minimum Gasteiger partial charge on any atom is -0.495 e. The van der Waals surface area contributed by atoms with Gasteiger partial charge in [0.05, 0.1) is 23.7 Å². The van der Waals surface area contributed by atoms with Gasteiger partial charge in [0.25, 0.3) is 10.0 Å². The van der Waals surface area contributed by atoms with Crippen LogP contribution in [0.1, 0.15) is 29.5 Å². The largest absolute Gasteiger partial charge is 0.495 e. The number of rotatable bonds is 5. The van der Waals surface area contributed by atoms with E-state index in [0.717, 1.165) is 28.3 Å². The first-order valence-electron chi connectivity index (χ1n) is 10.6. The Kier molecular flexibility index (Phi) is 5.77. The Bertz CT molecular complexity index is 1360. The third-order valence-corrected chi connectivity index (χ3v) is 8.23. The van der Waals surface area contributed by atoms with Crippen molar-refractivity contribution in [3.05, 3.63) is 94.0 Å². The Balaban J connectivity index is 1.51. The first-order valence-corrected chi connectivity index (χ1v) is 12.8. The highest BCUT2D eigenvalue weighted by molar-refractivity contribution is 7.92. The molecule has 0 fully saturated rings. The summed E-state index contributed by atoms with van der Waals surface area (Å²) in [6, 6.07) is 17.9. The third kappa shape index (κ3) is 4.07. The van der Waals surface area contributed by atoms with Crippen LogP contribution in [0.5, 0.6) is 5.75 Å². The molecule has 1 aliphatic heterocycles. The number of fused-ring (bicyclic) bond motifs is 3. The molecule has 0 saturated heterocycles. The predicted octanol–water partition coefficient (Wildman–Crippen LogP) is 6.63. The first kappa shape index (κ1) is 22.1. The monoisotopic (exact) mass is 500 g/mol. The van der Waals surface area contributed by atoms with E-state index in [1.54, 1.807) is 24.3 Å². The number of allylic oxidation sites excluding steroid dienone is 2. The van der Waals surface area contributed by atoms with Gasteiger partial charge in [-0.3, -0.25) is 4.72 Å². The van der Waals surface area contributed by atoms with Crippen molar-refractivity contribution >= 4 is 44.6 Å². The lowest BCUT2D eigenvalue weighted by molar-refractivity contribution is 0.417. The summed E-state index contributed by atoms with van der Waals surface area (Å²) in [6.45, 7) is 0. The number of hydrogen-bond acceptors (Lipinski definition) is 4. The maximum Gasteiger partial charge on any atom is 0.262 e. The van der Waals surface area contributed by atoms with Crippen molar-refractivity contribution in [2.45, 2.75) is 23.3 Å². The van der Waals surface area contributed by atoms with Crippen LogP contribution in [0.2, 0.25) is 10.0 Å². The summed E-state index contributed by atoms with van der Waals surface area (Å²) in [7, 11) is -2.38. The molecule has 2 N–H and O–H groups in total. The van der Waals surface area contributed by atoms with Gasteiger partial charge in [0.1, 0.15) is 5.75 Å². The Hall–Kier alpha value is -2.67. The topological polar surface area (TPSA) is 67.4 Å². The van der Waals surface area contributed by atoms with Crippen molar-refractivity contribution in [2.75, 3.05) is 17.1 Å². The zero-order valence-corrected chi connectivity index (χ0v) is 20.1. The van der Waals surface area contributed by atoms with E-state index in [9.17, 15) is 8.42 Å². The second-order valence-electron chi connectivity index (χ2n) is 8.20. The Morgan fingerprint density at radius 1 is 1.03 bits per heavy atom. The number of hydrogen-bond donors (Lipinski definition) is 2. The van der Waals surface area contributed by atoms with Crippen LogP contribution in [0.4, 0.5) is 11.4 Å². The number of benzene rings is 3. The standard InChI is InChI=1S/C25H22Cl2N2O3S/c1-32-24-12-9-15(26)13-23(24)29-33(30,31)16-10-11-22-20(14-16)17-6-4-7-18(17)25(28-22)19-5-2-3-8-21(19)27/h2-6,8-14,17-18,25,28-29H,7H2,1H3/t17-,18+,25-/m0/s1. The van der Waals surface area contributed by atoms with Crippen molar-refractivity contribution in [3.8, 4) is 5.75 Å². The number of anilines is 2. The molecule has 0 unspecified atom stereocenters. The molecule has 0 amide bonds. The van der Waals surface area contributed by atoms with E-state index in [2.05, 4.69) is 22.2 Å². The predicted molar refractivity (Wildman–Crippen MR) is 133 cm³/mol. The molecule has 0 aromatic heterocycles. The molecule has 5 rings (SSSR count). The molecule has 0 saturated carbocycles. The summed E-state index contributed by atoms with van der Waals surface area (Å²) in [5.41, 5.74) is 3.21. The van der Waals surface area contributed by atoms with E-state index < -0.39 is 10.0 Å². The molecule has 1 heterocycles. The molecule has 170 valence electrons. The van der Waals surface area contributed by atoms with Crippen LogP contribution in [0.25, 0.3) is 0 Å². The Morgan fingerprint density at radius 3 is 2.64 bits per heavy atom. The van der Waals surface area contributed by atoms with E-state index in [1.807, 2.05) is 30.3 Å². The van der Waals surface area contributed by atoms with Crippen LogP contribution >= 0.6 is 23.2 Å². The van der Waals surface area contributed by atoms with E-state index in [0.29, 0.717) is 16.5 Å². The van der Waals surface area contributed by atoms with Gasteiger partial charge in [0.15, 0.2) is 0 Å². The van der Waals surface area contributed by atoms with Crippen molar-refractivity contribution in [2.24, 2.45) is 5.92 Å². The van der Waals surface area contributed by atoms with Crippen LogP contribution < -0.4 is 14.8 Å². The van der Waals surface area contributed by atoms with Crippen molar-refractivity contribution in [1.29, 1.82) is 0 Å². The lowest BCUT2D eigenvalue weighted by Crippen LogP contribution is -2.29. The van der Waals surface area contributed by atoms with Gasteiger partial charge in [0.2, 0.25) is 0 Å². The second-order valence-corrected chi connectivity index (χ2v) is 10.7. The summed E-state index contributed by atoms with van der Waals surface area (Å²) in [5.74, 6) is 0.735. The van der Waals surface area contributed by atoms with Crippen molar-refractivity contribution < 1.29 is 13.2 Å². The number of halogens is 2. The summed E-state index contributed by atoms with van der Waals surface area (Å²) >= 11 is 12.6. The van der Waals surface area contributed by atoms with Gasteiger partial charge in [0, 0.05) is 21.7 Å². The molecule has 0 spiro atoms. The van der Waals surface area contributed by atoms with E-state index >= 15 is 0 Å². The molecule has 1 aliphatic carbocycles. The van der Waals surface area contributed by atoms with Gasteiger partial charge < -0.3 is 10.1 Å². The Labute approximate surface area is 203 Å². The highest BCUT2D eigenvalue weighted by Gasteiger charge is 2.39. The van der Waals surface area contributed by atoms with Crippen molar-refractivity contribution in [1.82, 2.24) is 0 Å². The molecule has 2 aliphatic rings. The summed E-state index contributed by atoms with van der Waals surface area (Å²) in [5, 5.41) is 4.74. The molecule has 3 aromatic carbocycles. The minimum absolute atomic E-state index is 0.0440. The molecule has 3 aromatic rings. The Morgan fingerprint density at radius 2 is 1.85 bits per heavy atom. The minimum atomic E-state index is -3.86.